The van der Waals surface area contributed by atoms with E-state index in [1.165, 1.54) is 4.90 Å². The SMILES string of the molecule is CCN1CCN(C(=O)NC(C(=O)N[C@@H]2C(=O)N(OCC(=O)O)[C@H]2C)c2ccccc2)C(=O)C1=O. The van der Waals surface area contributed by atoms with E-state index in [1.807, 2.05) is 0 Å². The van der Waals surface area contributed by atoms with E-state index in [0.717, 1.165) is 9.96 Å². The smallest absolute Gasteiger partial charge is 0.332 e. The molecule has 1 aromatic rings. The molecule has 1 unspecified atom stereocenters. The number of hydroxylamine groups is 2. The van der Waals surface area contributed by atoms with Gasteiger partial charge in [-0.3, -0.25) is 28.9 Å². The van der Waals surface area contributed by atoms with Crippen molar-refractivity contribution in [2.24, 2.45) is 0 Å². The van der Waals surface area contributed by atoms with Crippen molar-refractivity contribution in [2.45, 2.75) is 32.0 Å². The van der Waals surface area contributed by atoms with Crippen molar-refractivity contribution in [1.29, 1.82) is 0 Å². The van der Waals surface area contributed by atoms with Crippen LogP contribution in [-0.4, -0.2) is 93.9 Å². The van der Waals surface area contributed by atoms with E-state index in [-0.39, 0.29) is 13.1 Å². The average Bonchev–Trinajstić information content (AvgIpc) is 2.82. The van der Waals surface area contributed by atoms with Crippen molar-refractivity contribution in [2.75, 3.05) is 26.2 Å². The quantitative estimate of drug-likeness (QED) is 0.313. The lowest BCUT2D eigenvalue weighted by Gasteiger charge is -2.43. The molecular weight excluding hydrogens is 450 g/mol. The number of rotatable bonds is 8. The van der Waals surface area contributed by atoms with Crippen LogP contribution in [0.15, 0.2) is 30.3 Å². The summed E-state index contributed by atoms with van der Waals surface area (Å²) in [7, 11) is 0. The monoisotopic (exact) mass is 475 g/mol. The molecule has 34 heavy (non-hydrogen) atoms. The molecule has 2 aliphatic rings. The maximum Gasteiger partial charge on any atom is 0.332 e. The van der Waals surface area contributed by atoms with Gasteiger partial charge < -0.3 is 20.6 Å². The molecule has 3 atom stereocenters. The number of likely N-dealkylation sites (N-methyl/N-ethyl adjacent to an activating group) is 1. The normalized spacial score (nSPS) is 21.1. The Labute approximate surface area is 194 Å². The first kappa shape index (κ1) is 24.6. The summed E-state index contributed by atoms with van der Waals surface area (Å²) in [5.74, 6) is -4.43. The minimum atomic E-state index is -1.27. The van der Waals surface area contributed by atoms with Gasteiger partial charge in [-0.25, -0.2) is 14.7 Å². The van der Waals surface area contributed by atoms with Gasteiger partial charge in [-0.2, -0.15) is 0 Å². The third-order valence-corrected chi connectivity index (χ3v) is 5.56. The molecule has 0 aromatic heterocycles. The van der Waals surface area contributed by atoms with Crippen LogP contribution >= 0.6 is 0 Å². The van der Waals surface area contributed by atoms with Gasteiger partial charge in [0.05, 0.1) is 6.04 Å². The van der Waals surface area contributed by atoms with Crippen LogP contribution in [0.2, 0.25) is 0 Å². The Balaban J connectivity index is 1.71. The predicted octanol–water partition coefficient (Wildman–Crippen LogP) is -1.14. The van der Waals surface area contributed by atoms with Crippen LogP contribution in [-0.2, 0) is 28.8 Å². The Morgan fingerprint density at radius 3 is 2.38 bits per heavy atom. The van der Waals surface area contributed by atoms with Gasteiger partial charge >= 0.3 is 23.8 Å². The number of nitrogens with one attached hydrogen (secondary N) is 2. The molecule has 2 aliphatic heterocycles. The predicted molar refractivity (Wildman–Crippen MR) is 114 cm³/mol. The Hall–Kier alpha value is -4.00. The fraction of sp³-hybridized carbons (Fsp3) is 0.429. The molecule has 2 saturated heterocycles. The van der Waals surface area contributed by atoms with E-state index >= 15 is 0 Å². The molecule has 0 aliphatic carbocycles. The van der Waals surface area contributed by atoms with Crippen molar-refractivity contribution in [1.82, 2.24) is 25.5 Å². The van der Waals surface area contributed by atoms with Crippen molar-refractivity contribution in [3.05, 3.63) is 35.9 Å². The number of amides is 6. The molecule has 3 rings (SSSR count). The van der Waals surface area contributed by atoms with Gasteiger partial charge in [0.25, 0.3) is 5.91 Å². The molecule has 0 radical (unpaired) electrons. The number of hydrogen-bond acceptors (Lipinski definition) is 7. The van der Waals surface area contributed by atoms with Gasteiger partial charge in [0, 0.05) is 19.6 Å². The van der Waals surface area contributed by atoms with Gasteiger partial charge in [0.15, 0.2) is 6.61 Å². The van der Waals surface area contributed by atoms with Gasteiger partial charge in [0.2, 0.25) is 5.91 Å². The first-order valence-corrected chi connectivity index (χ1v) is 10.6. The fourth-order valence-corrected chi connectivity index (χ4v) is 3.64. The Morgan fingerprint density at radius 1 is 1.12 bits per heavy atom. The number of carbonyl (C=O) groups excluding carboxylic acids is 5. The van der Waals surface area contributed by atoms with Gasteiger partial charge in [0.1, 0.15) is 12.1 Å². The lowest BCUT2D eigenvalue weighted by atomic mass is 9.98. The first-order valence-electron chi connectivity index (χ1n) is 10.6. The third-order valence-electron chi connectivity index (χ3n) is 5.56. The van der Waals surface area contributed by atoms with Crippen molar-refractivity contribution in [3.63, 3.8) is 0 Å². The van der Waals surface area contributed by atoms with E-state index in [9.17, 15) is 28.8 Å². The number of aliphatic carboxylic acids is 1. The number of piperazine rings is 1. The van der Waals surface area contributed by atoms with Gasteiger partial charge in [-0.05, 0) is 19.4 Å². The summed E-state index contributed by atoms with van der Waals surface area (Å²) >= 11 is 0. The third kappa shape index (κ3) is 4.98. The fourth-order valence-electron chi connectivity index (χ4n) is 3.64. The highest BCUT2D eigenvalue weighted by Gasteiger charge is 2.48. The van der Waals surface area contributed by atoms with Crippen molar-refractivity contribution >= 4 is 35.6 Å². The number of carbonyl (C=O) groups is 6. The summed E-state index contributed by atoms with van der Waals surface area (Å²) in [6, 6.07) is 4.34. The first-order chi connectivity index (χ1) is 16.1. The molecule has 13 heteroatoms. The Bertz CT molecular complexity index is 1000. The van der Waals surface area contributed by atoms with E-state index in [2.05, 4.69) is 10.6 Å². The minimum Gasteiger partial charge on any atom is -0.479 e. The topological polar surface area (TPSA) is 166 Å². The second-order valence-electron chi connectivity index (χ2n) is 7.69. The molecule has 2 heterocycles. The van der Waals surface area contributed by atoms with Crippen LogP contribution in [0.3, 0.4) is 0 Å². The van der Waals surface area contributed by atoms with E-state index < -0.39 is 60.4 Å². The minimum absolute atomic E-state index is 0.0264. The number of hydrogen-bond donors (Lipinski definition) is 3. The van der Waals surface area contributed by atoms with Crippen molar-refractivity contribution < 1.29 is 38.7 Å². The summed E-state index contributed by atoms with van der Waals surface area (Å²) in [4.78, 5) is 80.3. The second-order valence-corrected chi connectivity index (χ2v) is 7.69. The summed E-state index contributed by atoms with van der Waals surface area (Å²) in [5, 5.41) is 14.5. The lowest BCUT2D eigenvalue weighted by Crippen LogP contribution is -2.70. The maximum absolute atomic E-state index is 13.1. The zero-order chi connectivity index (χ0) is 25.0. The molecule has 182 valence electrons. The zero-order valence-electron chi connectivity index (χ0n) is 18.6. The van der Waals surface area contributed by atoms with Crippen LogP contribution < -0.4 is 10.6 Å². The molecule has 0 spiro atoms. The van der Waals surface area contributed by atoms with Gasteiger partial charge in [-0.1, -0.05) is 30.3 Å². The highest BCUT2D eigenvalue weighted by atomic mass is 16.7. The standard InChI is InChI=1S/C21H25N5O8/c1-3-24-9-10-25(20(32)19(24)31)21(33)23-16(13-7-5-4-6-8-13)17(29)22-15-12(2)26(18(15)30)34-11-14(27)28/h4-8,12,15-16H,3,9-11H2,1-2H3,(H,22,29)(H,23,33)(H,27,28)/t12-,15-,16?/m0/s1. The number of benzene rings is 1. The number of nitrogens with zero attached hydrogens (tertiary/aromatic N) is 3. The lowest BCUT2D eigenvalue weighted by molar-refractivity contribution is -0.233. The zero-order valence-corrected chi connectivity index (χ0v) is 18.6. The number of urea groups is 1. The van der Waals surface area contributed by atoms with Crippen LogP contribution in [0.25, 0.3) is 0 Å². The van der Waals surface area contributed by atoms with Crippen LogP contribution in [0.4, 0.5) is 4.79 Å². The van der Waals surface area contributed by atoms with Crippen LogP contribution in [0.5, 0.6) is 0 Å². The molecule has 13 nitrogen and oxygen atoms in total. The van der Waals surface area contributed by atoms with Crippen LogP contribution in [0, 0.1) is 0 Å². The highest BCUT2D eigenvalue weighted by molar-refractivity contribution is 6.38. The molecular formula is C21H25N5O8. The van der Waals surface area contributed by atoms with E-state index in [0.29, 0.717) is 12.1 Å². The number of β-lactam (4-membered cyclic amide) rings is 1. The number of carboxylic acid groups (broad SMARTS) is 1. The molecule has 2 fully saturated rings. The molecule has 1 aromatic carbocycles. The Kier molecular flexibility index (Phi) is 7.46. The summed E-state index contributed by atoms with van der Waals surface area (Å²) in [6.45, 7) is 3.04. The van der Waals surface area contributed by atoms with Gasteiger partial charge in [-0.15, -0.1) is 0 Å². The van der Waals surface area contributed by atoms with E-state index in [4.69, 9.17) is 9.94 Å². The number of imide groups is 1. The van der Waals surface area contributed by atoms with Crippen molar-refractivity contribution in [3.8, 4) is 0 Å². The molecule has 0 bridgehead atoms. The van der Waals surface area contributed by atoms with E-state index in [1.54, 1.807) is 44.2 Å². The largest absolute Gasteiger partial charge is 0.479 e. The molecule has 3 N–H and O–H groups in total. The Morgan fingerprint density at radius 2 is 1.79 bits per heavy atom. The second kappa shape index (κ2) is 10.3. The van der Waals surface area contributed by atoms with Crippen LogP contribution in [0.1, 0.15) is 25.5 Å². The average molecular weight is 475 g/mol. The highest BCUT2D eigenvalue weighted by Crippen LogP contribution is 2.22. The molecule has 0 saturated carbocycles. The number of carboxylic acids is 1. The maximum atomic E-state index is 13.1. The molecule has 6 amide bonds. The summed E-state index contributed by atoms with van der Waals surface area (Å²) in [5.41, 5.74) is 0.387. The summed E-state index contributed by atoms with van der Waals surface area (Å²) < 4.78 is 0. The summed E-state index contributed by atoms with van der Waals surface area (Å²) in [6.07, 6.45) is 0.